The molecule has 5 nitrogen and oxygen atoms in total. The van der Waals surface area contributed by atoms with Crippen LogP contribution >= 0.6 is 0 Å². The van der Waals surface area contributed by atoms with E-state index in [1.54, 1.807) is 0 Å². The molecule has 2 aromatic carbocycles. The number of benzene rings is 2. The number of hydrogen-bond acceptors (Lipinski definition) is 4. The molecule has 2 heterocycles. The van der Waals surface area contributed by atoms with Crippen molar-refractivity contribution in [1.29, 1.82) is 0 Å². The summed E-state index contributed by atoms with van der Waals surface area (Å²) in [4.78, 5) is 18.1. The summed E-state index contributed by atoms with van der Waals surface area (Å²) in [6.07, 6.45) is 0.138. The highest BCUT2D eigenvalue weighted by Crippen LogP contribution is 2.33. The summed E-state index contributed by atoms with van der Waals surface area (Å²) < 4.78 is 32.6. The molecule has 4 rings (SSSR count). The van der Waals surface area contributed by atoms with Gasteiger partial charge in [-0.1, -0.05) is 38.1 Å². The van der Waals surface area contributed by atoms with Crippen molar-refractivity contribution in [3.63, 3.8) is 0 Å². The van der Waals surface area contributed by atoms with Crippen LogP contribution in [0.2, 0.25) is 0 Å². The van der Waals surface area contributed by atoms with Crippen molar-refractivity contribution >= 4 is 11.6 Å². The molecule has 0 radical (unpaired) electrons. The second-order valence-electron chi connectivity index (χ2n) is 8.29. The van der Waals surface area contributed by atoms with Crippen LogP contribution in [-0.4, -0.2) is 22.6 Å². The van der Waals surface area contributed by atoms with Crippen molar-refractivity contribution in [3.05, 3.63) is 65.5 Å². The van der Waals surface area contributed by atoms with Crippen LogP contribution < -0.4 is 4.90 Å². The monoisotopic (exact) mass is 397 g/mol. The van der Waals surface area contributed by atoms with Gasteiger partial charge in [-0.2, -0.15) is 4.98 Å². The molecule has 1 aromatic heterocycles. The lowest BCUT2D eigenvalue weighted by Crippen LogP contribution is -2.25. The third kappa shape index (κ3) is 3.77. The molecule has 7 heteroatoms. The summed E-state index contributed by atoms with van der Waals surface area (Å²) in [6.45, 7) is 6.63. The Morgan fingerprint density at radius 2 is 1.83 bits per heavy atom. The molecule has 1 saturated heterocycles. The molecule has 3 aromatic rings. The predicted octanol–water partition coefficient (Wildman–Crippen LogP) is 4.83. The van der Waals surface area contributed by atoms with Gasteiger partial charge >= 0.3 is 0 Å². The molecule has 0 bridgehead atoms. The Bertz CT molecular complexity index is 1050. The highest BCUT2D eigenvalue weighted by molar-refractivity contribution is 5.96. The van der Waals surface area contributed by atoms with Crippen LogP contribution in [0.5, 0.6) is 0 Å². The molecule has 0 aliphatic carbocycles. The molecule has 1 fully saturated rings. The summed E-state index contributed by atoms with van der Waals surface area (Å²) in [5, 5.41) is 4.03. The molecular formula is C22H21F2N3O2. The highest BCUT2D eigenvalue weighted by atomic mass is 19.1. The largest absolute Gasteiger partial charge is 0.334 e. The van der Waals surface area contributed by atoms with Crippen molar-refractivity contribution in [2.45, 2.75) is 38.5 Å². The zero-order chi connectivity index (χ0) is 20.8. The molecule has 29 heavy (non-hydrogen) atoms. The van der Waals surface area contributed by atoms with E-state index in [1.807, 2.05) is 24.3 Å². The van der Waals surface area contributed by atoms with Crippen molar-refractivity contribution in [1.82, 2.24) is 10.1 Å². The number of carbonyl (C=O) groups excluding carboxylic acids is 1. The number of halogens is 2. The van der Waals surface area contributed by atoms with Crippen molar-refractivity contribution in [2.24, 2.45) is 0 Å². The van der Waals surface area contributed by atoms with E-state index in [-0.39, 0.29) is 35.9 Å². The zero-order valence-electron chi connectivity index (χ0n) is 16.4. The number of rotatable bonds is 3. The Balaban J connectivity index is 1.53. The third-order valence-electron chi connectivity index (χ3n) is 5.13. The first-order chi connectivity index (χ1) is 13.7. The Kier molecular flexibility index (Phi) is 4.68. The van der Waals surface area contributed by atoms with Gasteiger partial charge in [0.2, 0.25) is 5.91 Å². The molecule has 0 saturated carbocycles. The molecule has 0 spiro atoms. The number of carbonyl (C=O) groups is 1. The van der Waals surface area contributed by atoms with Gasteiger partial charge in [-0.25, -0.2) is 8.78 Å². The SMILES string of the molecule is CC(C)(C)c1ccc(-c2nc(C3CC(=O)N(c4ccc(F)cc4F)C3)no2)cc1. The van der Waals surface area contributed by atoms with Crippen LogP contribution in [0, 0.1) is 11.6 Å². The van der Waals surface area contributed by atoms with E-state index in [1.165, 1.54) is 16.5 Å². The van der Waals surface area contributed by atoms with E-state index in [0.29, 0.717) is 11.7 Å². The zero-order valence-corrected chi connectivity index (χ0v) is 16.4. The fourth-order valence-electron chi connectivity index (χ4n) is 3.44. The Hall–Kier alpha value is -3.09. The molecule has 1 unspecified atom stereocenters. The fourth-order valence-corrected chi connectivity index (χ4v) is 3.44. The molecule has 0 N–H and O–H groups in total. The Labute approximate surface area is 167 Å². The Morgan fingerprint density at radius 3 is 2.48 bits per heavy atom. The van der Waals surface area contributed by atoms with Gasteiger partial charge in [-0.15, -0.1) is 0 Å². The molecule has 1 atom stereocenters. The van der Waals surface area contributed by atoms with Crippen LogP contribution in [0.3, 0.4) is 0 Å². The van der Waals surface area contributed by atoms with E-state index >= 15 is 0 Å². The van der Waals surface area contributed by atoms with E-state index in [4.69, 9.17) is 4.52 Å². The number of amides is 1. The van der Waals surface area contributed by atoms with E-state index in [0.717, 1.165) is 17.7 Å². The van der Waals surface area contributed by atoms with Crippen LogP contribution in [0.4, 0.5) is 14.5 Å². The van der Waals surface area contributed by atoms with Gasteiger partial charge in [0.25, 0.3) is 5.89 Å². The average molecular weight is 397 g/mol. The van der Waals surface area contributed by atoms with Gasteiger partial charge in [0.15, 0.2) is 5.82 Å². The van der Waals surface area contributed by atoms with Crippen LogP contribution in [0.15, 0.2) is 47.0 Å². The molecule has 1 amide bonds. The van der Waals surface area contributed by atoms with Gasteiger partial charge in [-0.05, 0) is 35.2 Å². The average Bonchev–Trinajstić information content (AvgIpc) is 3.28. The highest BCUT2D eigenvalue weighted by Gasteiger charge is 2.35. The number of anilines is 1. The maximum Gasteiger partial charge on any atom is 0.257 e. The lowest BCUT2D eigenvalue weighted by molar-refractivity contribution is -0.117. The Morgan fingerprint density at radius 1 is 1.10 bits per heavy atom. The molecule has 150 valence electrons. The van der Waals surface area contributed by atoms with Crippen molar-refractivity contribution < 1.29 is 18.1 Å². The van der Waals surface area contributed by atoms with Gasteiger partial charge in [-0.3, -0.25) is 4.79 Å². The topological polar surface area (TPSA) is 59.2 Å². The molecular weight excluding hydrogens is 376 g/mol. The van der Waals surface area contributed by atoms with Gasteiger partial charge in [0.05, 0.1) is 5.69 Å². The summed E-state index contributed by atoms with van der Waals surface area (Å²) >= 11 is 0. The number of hydrogen-bond donors (Lipinski definition) is 0. The molecule has 1 aliphatic heterocycles. The van der Waals surface area contributed by atoms with E-state index in [2.05, 4.69) is 30.9 Å². The van der Waals surface area contributed by atoms with Gasteiger partial charge < -0.3 is 9.42 Å². The first-order valence-corrected chi connectivity index (χ1v) is 9.42. The second kappa shape index (κ2) is 7.06. The van der Waals surface area contributed by atoms with Gasteiger partial charge in [0, 0.05) is 30.5 Å². The normalized spacial score (nSPS) is 17.2. The van der Waals surface area contributed by atoms with Gasteiger partial charge in [0.1, 0.15) is 11.6 Å². The first kappa shape index (κ1) is 19.2. The summed E-state index contributed by atoms with van der Waals surface area (Å²) in [5.41, 5.74) is 2.09. The number of aromatic nitrogens is 2. The second-order valence-corrected chi connectivity index (χ2v) is 8.29. The van der Waals surface area contributed by atoms with Crippen molar-refractivity contribution in [3.8, 4) is 11.5 Å². The quantitative estimate of drug-likeness (QED) is 0.635. The van der Waals surface area contributed by atoms with Crippen molar-refractivity contribution in [2.75, 3.05) is 11.4 Å². The van der Waals surface area contributed by atoms with Crippen LogP contribution in [-0.2, 0) is 10.2 Å². The van der Waals surface area contributed by atoms with E-state index < -0.39 is 11.6 Å². The predicted molar refractivity (Wildman–Crippen MR) is 105 cm³/mol. The standard InChI is InChI=1S/C22H21F2N3O2/c1-22(2,3)15-6-4-13(5-7-15)21-25-20(26-29-21)14-10-19(28)27(12-14)18-9-8-16(23)11-17(18)24/h4-9,11,14H,10,12H2,1-3H3. The lowest BCUT2D eigenvalue weighted by Gasteiger charge is -2.18. The summed E-state index contributed by atoms with van der Waals surface area (Å²) in [5.74, 6) is -1.27. The minimum absolute atomic E-state index is 0.0435. The summed E-state index contributed by atoms with van der Waals surface area (Å²) in [6, 6.07) is 11.1. The third-order valence-corrected chi connectivity index (χ3v) is 5.13. The van der Waals surface area contributed by atoms with Crippen LogP contribution in [0.1, 0.15) is 44.5 Å². The minimum Gasteiger partial charge on any atom is -0.334 e. The fraction of sp³-hybridized carbons (Fsp3) is 0.318. The smallest absolute Gasteiger partial charge is 0.257 e. The maximum atomic E-state index is 14.1. The first-order valence-electron chi connectivity index (χ1n) is 9.42. The van der Waals surface area contributed by atoms with E-state index in [9.17, 15) is 13.6 Å². The van der Waals surface area contributed by atoms with Crippen LogP contribution in [0.25, 0.3) is 11.5 Å². The lowest BCUT2D eigenvalue weighted by atomic mass is 9.87. The summed E-state index contributed by atoms with van der Waals surface area (Å²) in [7, 11) is 0. The maximum absolute atomic E-state index is 14.1. The minimum atomic E-state index is -0.772. The molecule has 1 aliphatic rings. The number of nitrogens with zero attached hydrogens (tertiary/aromatic N) is 3.